The van der Waals surface area contributed by atoms with Crippen LogP contribution in [0, 0.1) is 0 Å². The van der Waals surface area contributed by atoms with Gasteiger partial charge in [0.2, 0.25) is 0 Å². The minimum atomic E-state index is -1.14. The second-order valence-electron chi connectivity index (χ2n) is 1.14. The highest BCUT2D eigenvalue weighted by Crippen LogP contribution is 1.91. The molecule has 0 aliphatic carbocycles. The fraction of sp³-hybridized carbons (Fsp3) is 0. The summed E-state index contributed by atoms with van der Waals surface area (Å²) in [6.07, 6.45) is 2.49. The molecule has 0 radical (unpaired) electrons. The van der Waals surface area contributed by atoms with E-state index in [1.165, 1.54) is 12.5 Å². The average Bonchev–Trinajstić information content (AvgIpc) is 2.12. The van der Waals surface area contributed by atoms with E-state index in [1.807, 2.05) is 0 Å². The van der Waals surface area contributed by atoms with Crippen LogP contribution >= 0.6 is 0 Å². The van der Waals surface area contributed by atoms with Gasteiger partial charge in [0.1, 0.15) is 6.26 Å². The number of hydrogen-bond donors (Lipinski definition) is 1. The summed E-state index contributed by atoms with van der Waals surface area (Å²) in [5, 5.41) is 8.12. The Kier molecular flexibility index (Phi) is 0.997. The van der Waals surface area contributed by atoms with Gasteiger partial charge in [0.25, 0.3) is 0 Å². The van der Waals surface area contributed by atoms with Gasteiger partial charge < -0.3 is 9.52 Å². The van der Waals surface area contributed by atoms with Crippen molar-refractivity contribution in [3.05, 3.63) is 18.4 Å². The molecular formula is C4H3NO3. The fourth-order valence-electron chi connectivity index (χ4n) is 0.329. The number of hydrogen-bond acceptors (Lipinski definition) is 3. The number of carboxylic acid groups (broad SMARTS) is 1. The van der Waals surface area contributed by atoms with Crippen LogP contribution in [0.15, 0.2) is 16.9 Å². The molecule has 0 saturated heterocycles. The maximum atomic E-state index is 9.91. The molecule has 0 aliphatic heterocycles. The normalized spacial score (nSPS) is 9.00. The molecule has 0 spiro atoms. The average molecular weight is 113 g/mol. The lowest BCUT2D eigenvalue weighted by atomic mass is 10.7. The maximum absolute atomic E-state index is 9.91. The Labute approximate surface area is 44.8 Å². The lowest BCUT2D eigenvalue weighted by Crippen LogP contribution is -1.94. The first-order valence-electron chi connectivity index (χ1n) is 1.93. The lowest BCUT2D eigenvalue weighted by molar-refractivity contribution is 0.0653. The molecule has 1 aromatic heterocycles. The number of nitrogens with zero attached hydrogens (tertiary/aromatic N) is 1. The SMILES string of the molecule is O=C(O)c1ncco1. The molecular weight excluding hydrogens is 110 g/mol. The lowest BCUT2D eigenvalue weighted by Gasteiger charge is -1.77. The Hall–Kier alpha value is -1.32. The zero-order valence-electron chi connectivity index (χ0n) is 3.87. The number of carboxylic acids is 1. The topological polar surface area (TPSA) is 63.3 Å². The third-order valence-electron chi connectivity index (χ3n) is 0.615. The highest BCUT2D eigenvalue weighted by atomic mass is 16.4. The van der Waals surface area contributed by atoms with Crippen molar-refractivity contribution in [3.8, 4) is 0 Å². The summed E-state index contributed by atoms with van der Waals surface area (Å²) in [6.45, 7) is 0. The number of aromatic nitrogens is 1. The number of aromatic carboxylic acids is 1. The molecule has 4 heteroatoms. The van der Waals surface area contributed by atoms with E-state index < -0.39 is 5.97 Å². The van der Waals surface area contributed by atoms with Crippen LogP contribution in [-0.4, -0.2) is 16.1 Å². The predicted molar refractivity (Wildman–Crippen MR) is 23.5 cm³/mol. The van der Waals surface area contributed by atoms with Gasteiger partial charge in [-0.05, 0) is 0 Å². The van der Waals surface area contributed by atoms with Crippen LogP contribution in [0.5, 0.6) is 0 Å². The van der Waals surface area contributed by atoms with Gasteiger partial charge in [-0.15, -0.1) is 0 Å². The molecule has 0 aromatic carbocycles. The Morgan fingerprint density at radius 1 is 1.88 bits per heavy atom. The first-order valence-corrected chi connectivity index (χ1v) is 1.93. The molecule has 0 bridgehead atoms. The van der Waals surface area contributed by atoms with E-state index in [9.17, 15) is 4.79 Å². The zero-order valence-corrected chi connectivity index (χ0v) is 3.87. The highest BCUT2D eigenvalue weighted by Gasteiger charge is 2.04. The fourth-order valence-corrected chi connectivity index (χ4v) is 0.329. The van der Waals surface area contributed by atoms with E-state index in [1.54, 1.807) is 0 Å². The molecule has 0 fully saturated rings. The molecule has 0 unspecified atom stereocenters. The Morgan fingerprint density at radius 2 is 2.62 bits per heavy atom. The molecule has 1 heterocycles. The molecule has 1 rings (SSSR count). The van der Waals surface area contributed by atoms with Crippen molar-refractivity contribution in [1.29, 1.82) is 0 Å². The van der Waals surface area contributed by atoms with Gasteiger partial charge in [0.15, 0.2) is 0 Å². The van der Waals surface area contributed by atoms with Gasteiger partial charge >= 0.3 is 11.9 Å². The molecule has 1 N–H and O–H groups in total. The molecule has 0 saturated carbocycles. The molecule has 0 amide bonds. The van der Waals surface area contributed by atoms with Gasteiger partial charge in [0.05, 0.1) is 6.20 Å². The quantitative estimate of drug-likeness (QED) is 0.571. The largest absolute Gasteiger partial charge is 0.474 e. The first kappa shape index (κ1) is 4.83. The van der Waals surface area contributed by atoms with E-state index in [2.05, 4.69) is 9.40 Å². The van der Waals surface area contributed by atoms with Crippen LogP contribution in [-0.2, 0) is 0 Å². The van der Waals surface area contributed by atoms with Crippen molar-refractivity contribution in [2.75, 3.05) is 0 Å². The summed E-state index contributed by atoms with van der Waals surface area (Å²) in [5.41, 5.74) is 0. The summed E-state index contributed by atoms with van der Waals surface area (Å²) < 4.78 is 4.38. The minimum absolute atomic E-state index is 0.273. The molecule has 42 valence electrons. The van der Waals surface area contributed by atoms with Gasteiger partial charge in [0, 0.05) is 0 Å². The monoisotopic (exact) mass is 113 g/mol. The van der Waals surface area contributed by atoms with Crippen LogP contribution in [0.2, 0.25) is 0 Å². The smallest absolute Gasteiger partial charge is 0.392 e. The van der Waals surface area contributed by atoms with E-state index in [-0.39, 0.29) is 5.89 Å². The number of carbonyl (C=O) groups is 1. The molecule has 1 aromatic rings. The summed E-state index contributed by atoms with van der Waals surface area (Å²) in [6, 6.07) is 0. The highest BCUT2D eigenvalue weighted by molar-refractivity contribution is 5.81. The van der Waals surface area contributed by atoms with E-state index in [0.29, 0.717) is 0 Å². The maximum Gasteiger partial charge on any atom is 0.392 e. The van der Waals surface area contributed by atoms with E-state index >= 15 is 0 Å². The Morgan fingerprint density at radius 3 is 2.88 bits per heavy atom. The van der Waals surface area contributed by atoms with Crippen molar-refractivity contribution in [2.24, 2.45) is 0 Å². The van der Waals surface area contributed by atoms with Crippen molar-refractivity contribution in [1.82, 2.24) is 4.98 Å². The summed E-state index contributed by atoms with van der Waals surface area (Å²) in [5.74, 6) is -1.42. The second-order valence-corrected chi connectivity index (χ2v) is 1.14. The van der Waals surface area contributed by atoms with Crippen molar-refractivity contribution >= 4 is 5.97 Å². The molecule has 0 aliphatic rings. The van der Waals surface area contributed by atoms with Crippen LogP contribution in [0.4, 0.5) is 0 Å². The van der Waals surface area contributed by atoms with Crippen molar-refractivity contribution in [2.45, 2.75) is 0 Å². The molecule has 4 nitrogen and oxygen atoms in total. The van der Waals surface area contributed by atoms with E-state index in [0.717, 1.165) is 0 Å². The zero-order chi connectivity index (χ0) is 5.98. The minimum Gasteiger partial charge on any atom is -0.474 e. The number of rotatable bonds is 1. The third kappa shape index (κ3) is 0.676. The van der Waals surface area contributed by atoms with Crippen molar-refractivity contribution in [3.63, 3.8) is 0 Å². The van der Waals surface area contributed by atoms with Gasteiger partial charge in [-0.3, -0.25) is 0 Å². The predicted octanol–water partition coefficient (Wildman–Crippen LogP) is 0.373. The second kappa shape index (κ2) is 1.65. The van der Waals surface area contributed by atoms with Crippen LogP contribution in [0.1, 0.15) is 10.7 Å². The Balaban J connectivity index is 2.93. The first-order chi connectivity index (χ1) is 3.80. The van der Waals surface area contributed by atoms with Crippen LogP contribution < -0.4 is 0 Å². The Bertz CT molecular complexity index is 179. The standard InChI is InChI=1S/C4H3NO3/c6-4(7)3-5-1-2-8-3/h1-2H,(H,6,7). The van der Waals surface area contributed by atoms with E-state index in [4.69, 9.17) is 5.11 Å². The van der Waals surface area contributed by atoms with Crippen LogP contribution in [0.3, 0.4) is 0 Å². The summed E-state index contributed by atoms with van der Waals surface area (Å²) in [7, 11) is 0. The van der Waals surface area contributed by atoms with Gasteiger partial charge in [-0.1, -0.05) is 0 Å². The van der Waals surface area contributed by atoms with Gasteiger partial charge in [-0.25, -0.2) is 9.78 Å². The van der Waals surface area contributed by atoms with Crippen molar-refractivity contribution < 1.29 is 14.3 Å². The van der Waals surface area contributed by atoms with Gasteiger partial charge in [-0.2, -0.15) is 0 Å². The molecule has 8 heavy (non-hydrogen) atoms. The van der Waals surface area contributed by atoms with Crippen LogP contribution in [0.25, 0.3) is 0 Å². The summed E-state index contributed by atoms with van der Waals surface area (Å²) >= 11 is 0. The molecule has 0 atom stereocenters. The number of oxazole rings is 1. The third-order valence-corrected chi connectivity index (χ3v) is 0.615. The summed E-state index contributed by atoms with van der Waals surface area (Å²) in [4.78, 5) is 13.3.